The molecule has 1 rings (SSSR count). The molecule has 1 aromatic rings. The third-order valence-corrected chi connectivity index (χ3v) is 3.64. The Kier molecular flexibility index (Phi) is 6.73. The van der Waals surface area contributed by atoms with Gasteiger partial charge in [-0.1, -0.05) is 41.1 Å². The molecule has 0 fully saturated rings. The maximum atomic E-state index is 5.92. The highest BCUT2D eigenvalue weighted by atomic mass is 79.9. The first-order valence-corrected chi connectivity index (χ1v) is 6.71. The zero-order valence-electron chi connectivity index (χ0n) is 10.5. The molecule has 0 heterocycles. The summed E-state index contributed by atoms with van der Waals surface area (Å²) in [5.41, 5.74) is 7.16. The average molecular weight is 301 g/mol. The molecular formula is C13H21BrN2O. The Bertz CT molecular complexity index is 333. The second-order valence-corrected chi connectivity index (χ2v) is 4.75. The molecule has 3 nitrogen and oxygen atoms in total. The van der Waals surface area contributed by atoms with Gasteiger partial charge in [0.2, 0.25) is 0 Å². The summed E-state index contributed by atoms with van der Waals surface area (Å²) in [5, 5.41) is 0. The molecule has 0 saturated carbocycles. The van der Waals surface area contributed by atoms with Crippen LogP contribution in [0.2, 0.25) is 0 Å². The van der Waals surface area contributed by atoms with Crippen LogP contribution in [0.1, 0.15) is 18.5 Å². The third-order valence-electron chi connectivity index (χ3n) is 2.92. The number of benzene rings is 1. The minimum atomic E-state index is 0.241. The van der Waals surface area contributed by atoms with Crippen LogP contribution in [0.25, 0.3) is 0 Å². The van der Waals surface area contributed by atoms with Crippen LogP contribution in [-0.2, 0) is 4.74 Å². The summed E-state index contributed by atoms with van der Waals surface area (Å²) in [4.78, 5) is 2.34. The van der Waals surface area contributed by atoms with Crippen LogP contribution < -0.4 is 5.73 Å². The third kappa shape index (κ3) is 4.07. The van der Waals surface area contributed by atoms with Gasteiger partial charge in [0.25, 0.3) is 0 Å². The molecular weight excluding hydrogens is 280 g/mol. The monoisotopic (exact) mass is 300 g/mol. The van der Waals surface area contributed by atoms with Crippen LogP contribution in [0.15, 0.2) is 28.7 Å². The molecule has 0 radical (unpaired) electrons. The Morgan fingerprint density at radius 2 is 2.12 bits per heavy atom. The van der Waals surface area contributed by atoms with Gasteiger partial charge in [-0.25, -0.2) is 0 Å². The van der Waals surface area contributed by atoms with Crippen LogP contribution in [0.5, 0.6) is 0 Å². The van der Waals surface area contributed by atoms with Crippen molar-refractivity contribution in [2.45, 2.75) is 13.0 Å². The van der Waals surface area contributed by atoms with E-state index in [9.17, 15) is 0 Å². The van der Waals surface area contributed by atoms with Crippen molar-refractivity contribution in [3.05, 3.63) is 34.3 Å². The smallest absolute Gasteiger partial charge is 0.0589 e. The Morgan fingerprint density at radius 3 is 2.65 bits per heavy atom. The lowest BCUT2D eigenvalue weighted by molar-refractivity contribution is 0.125. The molecule has 0 bridgehead atoms. The van der Waals surface area contributed by atoms with E-state index in [1.807, 2.05) is 12.1 Å². The van der Waals surface area contributed by atoms with Crippen LogP contribution in [0.3, 0.4) is 0 Å². The second kappa shape index (κ2) is 7.82. The van der Waals surface area contributed by atoms with Crippen LogP contribution >= 0.6 is 15.9 Å². The van der Waals surface area contributed by atoms with Crippen molar-refractivity contribution >= 4 is 15.9 Å². The summed E-state index contributed by atoms with van der Waals surface area (Å²) in [6.45, 7) is 5.35. The molecule has 0 aliphatic heterocycles. The van der Waals surface area contributed by atoms with Gasteiger partial charge >= 0.3 is 0 Å². The van der Waals surface area contributed by atoms with Gasteiger partial charge in [0.15, 0.2) is 0 Å². The van der Waals surface area contributed by atoms with Gasteiger partial charge in [-0.2, -0.15) is 0 Å². The number of ether oxygens (including phenoxy) is 1. The number of hydrogen-bond donors (Lipinski definition) is 1. The van der Waals surface area contributed by atoms with E-state index in [0.717, 1.165) is 24.2 Å². The largest absolute Gasteiger partial charge is 0.383 e. The second-order valence-electron chi connectivity index (χ2n) is 3.89. The SMILES string of the molecule is CCN(CCOC)C(CN)c1ccccc1Br. The lowest BCUT2D eigenvalue weighted by atomic mass is 10.1. The van der Waals surface area contributed by atoms with Gasteiger partial charge in [0, 0.05) is 30.7 Å². The molecule has 4 heteroatoms. The van der Waals surface area contributed by atoms with E-state index in [2.05, 4.69) is 39.9 Å². The van der Waals surface area contributed by atoms with E-state index < -0.39 is 0 Å². The van der Waals surface area contributed by atoms with Crippen LogP contribution in [0, 0.1) is 0 Å². The maximum absolute atomic E-state index is 5.92. The summed E-state index contributed by atoms with van der Waals surface area (Å²) >= 11 is 3.59. The van der Waals surface area contributed by atoms with E-state index in [1.54, 1.807) is 7.11 Å². The molecule has 1 aromatic carbocycles. The molecule has 0 amide bonds. The van der Waals surface area contributed by atoms with Gasteiger partial charge in [-0.3, -0.25) is 4.90 Å². The zero-order chi connectivity index (χ0) is 12.7. The van der Waals surface area contributed by atoms with Gasteiger partial charge < -0.3 is 10.5 Å². The molecule has 96 valence electrons. The zero-order valence-corrected chi connectivity index (χ0v) is 12.1. The summed E-state index contributed by atoms with van der Waals surface area (Å²) in [7, 11) is 1.73. The Morgan fingerprint density at radius 1 is 1.41 bits per heavy atom. The molecule has 0 saturated heterocycles. The number of nitrogens with two attached hydrogens (primary N) is 1. The minimum absolute atomic E-state index is 0.241. The van der Waals surface area contributed by atoms with Crippen LogP contribution in [-0.4, -0.2) is 38.3 Å². The van der Waals surface area contributed by atoms with Crippen molar-refractivity contribution in [3.8, 4) is 0 Å². The van der Waals surface area contributed by atoms with Crippen molar-refractivity contribution in [3.63, 3.8) is 0 Å². The topological polar surface area (TPSA) is 38.5 Å². The highest BCUT2D eigenvalue weighted by molar-refractivity contribution is 9.10. The number of rotatable bonds is 7. The van der Waals surface area contributed by atoms with Crippen LogP contribution in [0.4, 0.5) is 0 Å². The summed E-state index contributed by atoms with van der Waals surface area (Å²) in [6.07, 6.45) is 0. The van der Waals surface area contributed by atoms with Gasteiger partial charge in [-0.05, 0) is 18.2 Å². The number of methoxy groups -OCH3 is 1. The Labute approximate surface area is 112 Å². The molecule has 17 heavy (non-hydrogen) atoms. The minimum Gasteiger partial charge on any atom is -0.383 e. The predicted molar refractivity (Wildman–Crippen MR) is 75.1 cm³/mol. The number of nitrogens with zero attached hydrogens (tertiary/aromatic N) is 1. The average Bonchev–Trinajstić information content (AvgIpc) is 2.36. The van der Waals surface area contributed by atoms with Crippen molar-refractivity contribution in [1.29, 1.82) is 0 Å². The molecule has 1 unspecified atom stereocenters. The number of likely N-dealkylation sites (N-methyl/N-ethyl adjacent to an activating group) is 1. The first kappa shape index (κ1) is 14.6. The maximum Gasteiger partial charge on any atom is 0.0589 e. The number of hydrogen-bond acceptors (Lipinski definition) is 3. The van der Waals surface area contributed by atoms with E-state index in [4.69, 9.17) is 10.5 Å². The molecule has 0 spiro atoms. The lowest BCUT2D eigenvalue weighted by Crippen LogP contribution is -2.36. The quantitative estimate of drug-likeness (QED) is 0.840. The summed E-state index contributed by atoms with van der Waals surface area (Å²) in [6, 6.07) is 8.49. The summed E-state index contributed by atoms with van der Waals surface area (Å²) < 4.78 is 6.26. The van der Waals surface area contributed by atoms with Crippen molar-refractivity contribution in [1.82, 2.24) is 4.90 Å². The molecule has 1 atom stereocenters. The standard InChI is InChI=1S/C13H21BrN2O/c1-3-16(8-9-17-2)13(10-15)11-6-4-5-7-12(11)14/h4-7,13H,3,8-10,15H2,1-2H3. The van der Waals surface area contributed by atoms with Gasteiger partial charge in [-0.15, -0.1) is 0 Å². The molecule has 0 aromatic heterocycles. The first-order valence-electron chi connectivity index (χ1n) is 5.92. The normalized spacial score (nSPS) is 13.0. The van der Waals surface area contributed by atoms with Gasteiger partial charge in [0.1, 0.15) is 0 Å². The lowest BCUT2D eigenvalue weighted by Gasteiger charge is -2.30. The molecule has 2 N–H and O–H groups in total. The molecule has 0 aliphatic rings. The van der Waals surface area contributed by atoms with Crippen molar-refractivity contribution in [2.75, 3.05) is 33.4 Å². The summed E-state index contributed by atoms with van der Waals surface area (Å²) in [5.74, 6) is 0. The van der Waals surface area contributed by atoms with Crippen molar-refractivity contribution < 1.29 is 4.74 Å². The number of halogens is 1. The molecule has 0 aliphatic carbocycles. The van der Waals surface area contributed by atoms with E-state index >= 15 is 0 Å². The fraction of sp³-hybridized carbons (Fsp3) is 0.538. The fourth-order valence-corrected chi connectivity index (χ4v) is 2.51. The predicted octanol–water partition coefficient (Wildman–Crippen LogP) is 2.42. The van der Waals surface area contributed by atoms with E-state index in [-0.39, 0.29) is 6.04 Å². The fourth-order valence-electron chi connectivity index (χ4n) is 1.96. The van der Waals surface area contributed by atoms with Gasteiger partial charge in [0.05, 0.1) is 6.61 Å². The van der Waals surface area contributed by atoms with Crippen molar-refractivity contribution in [2.24, 2.45) is 5.73 Å². The Hall–Kier alpha value is -0.420. The Balaban J connectivity index is 2.85. The highest BCUT2D eigenvalue weighted by Gasteiger charge is 2.19. The van der Waals surface area contributed by atoms with E-state index in [1.165, 1.54) is 5.56 Å². The first-order chi connectivity index (χ1) is 8.24. The van der Waals surface area contributed by atoms with E-state index in [0.29, 0.717) is 6.54 Å². The highest BCUT2D eigenvalue weighted by Crippen LogP contribution is 2.26.